The van der Waals surface area contributed by atoms with Crippen molar-refractivity contribution in [2.75, 3.05) is 13.1 Å². The number of ether oxygens (including phenoxy) is 1. The average molecular weight is 290 g/mol. The molecule has 0 unspecified atom stereocenters. The molecule has 0 bridgehead atoms. The standard InChI is InChI=1S/C16H22N2O3/c1-4-13(16(17)20)7-6-12(3)21-14-8-10-18(11-9-14)15(19)5-2/h4-7,14H,1-2,8-11H2,3H3,(H2,17,20)/b12-6+,13-7+. The third-order valence-corrected chi connectivity index (χ3v) is 3.28. The van der Waals surface area contributed by atoms with Crippen molar-refractivity contribution in [3.05, 3.63) is 48.8 Å². The van der Waals surface area contributed by atoms with Crippen molar-refractivity contribution in [1.29, 1.82) is 0 Å². The Morgan fingerprint density at radius 2 is 1.81 bits per heavy atom. The Hall–Kier alpha value is -2.30. The highest BCUT2D eigenvalue weighted by Gasteiger charge is 2.22. The number of nitrogens with zero attached hydrogens (tertiary/aromatic N) is 1. The molecule has 0 aliphatic carbocycles. The zero-order chi connectivity index (χ0) is 15.8. The molecule has 0 aromatic carbocycles. The van der Waals surface area contributed by atoms with Crippen LogP contribution in [0.3, 0.4) is 0 Å². The van der Waals surface area contributed by atoms with Crippen LogP contribution in [0, 0.1) is 0 Å². The summed E-state index contributed by atoms with van der Waals surface area (Å²) in [5.74, 6) is 0.134. The number of likely N-dealkylation sites (tertiary alicyclic amines) is 1. The predicted octanol–water partition coefficient (Wildman–Crippen LogP) is 1.68. The van der Waals surface area contributed by atoms with Crippen LogP contribution in [0.15, 0.2) is 48.8 Å². The van der Waals surface area contributed by atoms with Gasteiger partial charge >= 0.3 is 0 Å². The third-order valence-electron chi connectivity index (χ3n) is 3.28. The molecule has 0 saturated carbocycles. The predicted molar refractivity (Wildman–Crippen MR) is 82.1 cm³/mol. The number of nitrogens with two attached hydrogens (primary N) is 1. The van der Waals surface area contributed by atoms with Crippen LogP contribution in [0.5, 0.6) is 0 Å². The molecule has 1 aliphatic rings. The molecule has 1 rings (SSSR count). The quantitative estimate of drug-likeness (QED) is 0.459. The minimum Gasteiger partial charge on any atom is -0.495 e. The number of carbonyl (C=O) groups excluding carboxylic acids is 2. The topological polar surface area (TPSA) is 72.6 Å². The molecule has 2 N–H and O–H groups in total. The van der Waals surface area contributed by atoms with E-state index >= 15 is 0 Å². The Labute approximate surface area is 125 Å². The van der Waals surface area contributed by atoms with Gasteiger partial charge < -0.3 is 15.4 Å². The number of hydrogen-bond acceptors (Lipinski definition) is 3. The molecular formula is C16H22N2O3. The van der Waals surface area contributed by atoms with Gasteiger partial charge in [0.05, 0.1) is 5.76 Å². The Kier molecular flexibility index (Phi) is 6.46. The van der Waals surface area contributed by atoms with Crippen LogP contribution in [0.2, 0.25) is 0 Å². The zero-order valence-electron chi connectivity index (χ0n) is 12.4. The molecule has 114 valence electrons. The molecule has 1 saturated heterocycles. The lowest BCUT2D eigenvalue weighted by Crippen LogP contribution is -2.39. The van der Waals surface area contributed by atoms with E-state index in [-0.39, 0.29) is 12.0 Å². The van der Waals surface area contributed by atoms with Gasteiger partial charge in [0.25, 0.3) is 0 Å². The number of amides is 2. The van der Waals surface area contributed by atoms with Crippen molar-refractivity contribution in [3.8, 4) is 0 Å². The number of piperidine rings is 1. The zero-order valence-corrected chi connectivity index (χ0v) is 12.4. The molecule has 1 aliphatic heterocycles. The SMILES string of the molecule is C=CC(=O)N1CCC(O/C(C)=C/C=C(\C=C)C(N)=O)CC1. The summed E-state index contributed by atoms with van der Waals surface area (Å²) in [6.07, 6.45) is 7.65. The summed E-state index contributed by atoms with van der Waals surface area (Å²) in [5, 5.41) is 0. The second kappa shape index (κ2) is 8.09. The van der Waals surface area contributed by atoms with Crippen LogP contribution < -0.4 is 5.73 Å². The molecule has 0 aromatic rings. The maximum Gasteiger partial charge on any atom is 0.248 e. The number of carbonyl (C=O) groups is 2. The van der Waals surface area contributed by atoms with Gasteiger partial charge in [0.2, 0.25) is 11.8 Å². The molecule has 1 heterocycles. The van der Waals surface area contributed by atoms with Crippen LogP contribution in [0.4, 0.5) is 0 Å². The highest BCUT2D eigenvalue weighted by atomic mass is 16.5. The van der Waals surface area contributed by atoms with Crippen LogP contribution >= 0.6 is 0 Å². The minimum atomic E-state index is -0.523. The van der Waals surface area contributed by atoms with Crippen LogP contribution in [-0.2, 0) is 14.3 Å². The summed E-state index contributed by atoms with van der Waals surface area (Å²) >= 11 is 0. The highest BCUT2D eigenvalue weighted by molar-refractivity contribution is 5.94. The molecule has 5 nitrogen and oxygen atoms in total. The minimum absolute atomic E-state index is 0.0410. The second-order valence-corrected chi connectivity index (χ2v) is 4.81. The van der Waals surface area contributed by atoms with E-state index in [0.717, 1.165) is 12.8 Å². The summed E-state index contributed by atoms with van der Waals surface area (Å²) in [6, 6.07) is 0. The highest BCUT2D eigenvalue weighted by Crippen LogP contribution is 2.17. The monoisotopic (exact) mass is 290 g/mol. The van der Waals surface area contributed by atoms with Gasteiger partial charge in [-0.15, -0.1) is 0 Å². The summed E-state index contributed by atoms with van der Waals surface area (Å²) in [5.41, 5.74) is 5.52. The molecule has 0 radical (unpaired) electrons. The molecular weight excluding hydrogens is 268 g/mol. The largest absolute Gasteiger partial charge is 0.495 e. The smallest absolute Gasteiger partial charge is 0.248 e. The number of allylic oxidation sites excluding steroid dienone is 3. The van der Waals surface area contributed by atoms with Crippen LogP contribution in [0.25, 0.3) is 0 Å². The summed E-state index contributed by atoms with van der Waals surface area (Å²) in [4.78, 5) is 24.3. The number of hydrogen-bond donors (Lipinski definition) is 1. The van der Waals surface area contributed by atoms with E-state index in [9.17, 15) is 9.59 Å². The van der Waals surface area contributed by atoms with E-state index in [4.69, 9.17) is 10.5 Å². The van der Waals surface area contributed by atoms with E-state index in [1.807, 2.05) is 6.92 Å². The van der Waals surface area contributed by atoms with Crippen molar-refractivity contribution in [2.24, 2.45) is 5.73 Å². The Morgan fingerprint density at radius 1 is 1.19 bits per heavy atom. The first kappa shape index (κ1) is 16.8. The molecule has 5 heteroatoms. The summed E-state index contributed by atoms with van der Waals surface area (Å²) in [6.45, 7) is 10.2. The van der Waals surface area contributed by atoms with Gasteiger partial charge in [0.15, 0.2) is 0 Å². The van der Waals surface area contributed by atoms with Crippen molar-refractivity contribution in [3.63, 3.8) is 0 Å². The maximum atomic E-state index is 11.5. The van der Waals surface area contributed by atoms with Crippen molar-refractivity contribution >= 4 is 11.8 Å². The Balaban J connectivity index is 2.52. The van der Waals surface area contributed by atoms with Gasteiger partial charge in [-0.2, -0.15) is 0 Å². The lowest BCUT2D eigenvalue weighted by atomic mass is 10.1. The molecule has 0 spiro atoms. The Bertz CT molecular complexity index is 484. The van der Waals surface area contributed by atoms with E-state index in [2.05, 4.69) is 13.2 Å². The summed E-state index contributed by atoms with van der Waals surface area (Å²) < 4.78 is 5.79. The fourth-order valence-corrected chi connectivity index (χ4v) is 2.08. The molecule has 21 heavy (non-hydrogen) atoms. The van der Waals surface area contributed by atoms with Gasteiger partial charge in [-0.1, -0.05) is 19.2 Å². The van der Waals surface area contributed by atoms with Gasteiger partial charge in [0.1, 0.15) is 6.10 Å². The lowest BCUT2D eigenvalue weighted by Gasteiger charge is -2.31. The van der Waals surface area contributed by atoms with Gasteiger partial charge in [-0.05, 0) is 25.2 Å². The normalized spacial score (nSPS) is 17.3. The van der Waals surface area contributed by atoms with Crippen molar-refractivity contribution in [1.82, 2.24) is 4.90 Å². The molecule has 0 aromatic heterocycles. The van der Waals surface area contributed by atoms with Gasteiger partial charge in [0, 0.05) is 31.5 Å². The first-order chi connectivity index (χ1) is 9.97. The lowest BCUT2D eigenvalue weighted by molar-refractivity contribution is -0.128. The molecule has 1 fully saturated rings. The van der Waals surface area contributed by atoms with E-state index in [1.54, 1.807) is 17.1 Å². The average Bonchev–Trinajstić information content (AvgIpc) is 2.47. The van der Waals surface area contributed by atoms with E-state index in [1.165, 1.54) is 12.2 Å². The van der Waals surface area contributed by atoms with Gasteiger partial charge in [-0.3, -0.25) is 9.59 Å². The fourth-order valence-electron chi connectivity index (χ4n) is 2.08. The third kappa shape index (κ3) is 5.30. The molecule has 2 amide bonds. The van der Waals surface area contributed by atoms with E-state index < -0.39 is 5.91 Å². The fraction of sp³-hybridized carbons (Fsp3) is 0.375. The van der Waals surface area contributed by atoms with Crippen molar-refractivity contribution in [2.45, 2.75) is 25.9 Å². The maximum absolute atomic E-state index is 11.5. The van der Waals surface area contributed by atoms with Crippen molar-refractivity contribution < 1.29 is 14.3 Å². The first-order valence-corrected chi connectivity index (χ1v) is 6.86. The molecule has 0 atom stereocenters. The first-order valence-electron chi connectivity index (χ1n) is 6.86. The number of rotatable bonds is 6. The number of primary amides is 1. The second-order valence-electron chi connectivity index (χ2n) is 4.81. The van der Waals surface area contributed by atoms with Crippen LogP contribution in [-0.4, -0.2) is 35.9 Å². The van der Waals surface area contributed by atoms with E-state index in [0.29, 0.717) is 24.4 Å². The summed E-state index contributed by atoms with van der Waals surface area (Å²) in [7, 11) is 0. The Morgan fingerprint density at radius 3 is 2.29 bits per heavy atom. The van der Waals surface area contributed by atoms with Crippen LogP contribution in [0.1, 0.15) is 19.8 Å². The van der Waals surface area contributed by atoms with Gasteiger partial charge in [-0.25, -0.2) is 0 Å².